The SMILES string of the molecule is CCNCc1cn[nH]c1S(=O)(=O)NCc1ccccc1C. The molecule has 0 aliphatic rings. The lowest BCUT2D eigenvalue weighted by Crippen LogP contribution is -2.26. The summed E-state index contributed by atoms with van der Waals surface area (Å²) in [7, 11) is -3.60. The van der Waals surface area contributed by atoms with Crippen LogP contribution in [0.25, 0.3) is 0 Å². The van der Waals surface area contributed by atoms with Crippen LogP contribution < -0.4 is 10.0 Å². The molecule has 7 heteroatoms. The van der Waals surface area contributed by atoms with Crippen LogP contribution in [0.1, 0.15) is 23.6 Å². The lowest BCUT2D eigenvalue weighted by atomic mass is 10.1. The minimum absolute atomic E-state index is 0.122. The van der Waals surface area contributed by atoms with Crippen LogP contribution in [0, 0.1) is 6.92 Å². The molecule has 0 aliphatic heterocycles. The third-order valence-corrected chi connectivity index (χ3v) is 4.64. The number of nitrogens with one attached hydrogen (secondary N) is 3. The van der Waals surface area contributed by atoms with Crippen molar-refractivity contribution in [2.45, 2.75) is 32.0 Å². The summed E-state index contributed by atoms with van der Waals surface area (Å²) in [6, 6.07) is 7.68. The predicted molar refractivity (Wildman–Crippen MR) is 81.2 cm³/mol. The number of nitrogens with zero attached hydrogens (tertiary/aromatic N) is 1. The minimum atomic E-state index is -3.60. The molecular formula is C14H20N4O2S. The van der Waals surface area contributed by atoms with E-state index in [2.05, 4.69) is 20.2 Å². The second-order valence-corrected chi connectivity index (χ2v) is 6.46. The molecular weight excluding hydrogens is 288 g/mol. The van der Waals surface area contributed by atoms with Crippen LogP contribution in [-0.4, -0.2) is 25.2 Å². The van der Waals surface area contributed by atoms with Gasteiger partial charge in [0, 0.05) is 18.7 Å². The Kier molecular flexibility index (Phi) is 5.11. The standard InChI is InChI=1S/C14H20N4O2S/c1-3-15-8-13-9-16-18-14(13)21(19,20)17-10-12-7-5-4-6-11(12)2/h4-7,9,15,17H,3,8,10H2,1-2H3,(H,16,18). The molecule has 21 heavy (non-hydrogen) atoms. The van der Waals surface area contributed by atoms with E-state index in [4.69, 9.17) is 0 Å². The Bertz CT molecular complexity index is 695. The monoisotopic (exact) mass is 308 g/mol. The summed E-state index contributed by atoms with van der Waals surface area (Å²) in [4.78, 5) is 0. The first kappa shape index (κ1) is 15.7. The smallest absolute Gasteiger partial charge is 0.258 e. The van der Waals surface area contributed by atoms with Gasteiger partial charge in [0.2, 0.25) is 0 Å². The molecule has 0 spiro atoms. The number of aromatic nitrogens is 2. The molecule has 1 heterocycles. The first-order valence-corrected chi connectivity index (χ1v) is 8.30. The van der Waals surface area contributed by atoms with Gasteiger partial charge in [-0.3, -0.25) is 5.10 Å². The van der Waals surface area contributed by atoms with E-state index in [1.807, 2.05) is 38.1 Å². The molecule has 1 aromatic carbocycles. The zero-order chi connectivity index (χ0) is 15.3. The molecule has 0 bridgehead atoms. The number of aryl methyl sites for hydroxylation is 1. The van der Waals surface area contributed by atoms with Crippen molar-refractivity contribution in [1.82, 2.24) is 20.2 Å². The van der Waals surface area contributed by atoms with Crippen molar-refractivity contribution in [3.8, 4) is 0 Å². The predicted octanol–water partition coefficient (Wildman–Crippen LogP) is 1.31. The minimum Gasteiger partial charge on any atom is -0.313 e. The first-order valence-electron chi connectivity index (χ1n) is 6.81. The summed E-state index contributed by atoms with van der Waals surface area (Å²) in [6.07, 6.45) is 1.53. The first-order chi connectivity index (χ1) is 10.0. The quantitative estimate of drug-likeness (QED) is 0.719. The lowest BCUT2D eigenvalue weighted by Gasteiger charge is -2.09. The van der Waals surface area contributed by atoms with Crippen LogP contribution in [0.5, 0.6) is 0 Å². The largest absolute Gasteiger partial charge is 0.313 e. The van der Waals surface area contributed by atoms with Gasteiger partial charge in [-0.1, -0.05) is 31.2 Å². The van der Waals surface area contributed by atoms with E-state index in [-0.39, 0.29) is 11.6 Å². The molecule has 2 aromatic rings. The third-order valence-electron chi connectivity index (χ3n) is 3.23. The average Bonchev–Trinajstić information content (AvgIpc) is 2.93. The fraction of sp³-hybridized carbons (Fsp3) is 0.357. The molecule has 0 amide bonds. The van der Waals surface area contributed by atoms with Gasteiger partial charge in [0.1, 0.15) is 0 Å². The molecule has 0 radical (unpaired) electrons. The highest BCUT2D eigenvalue weighted by atomic mass is 32.2. The van der Waals surface area contributed by atoms with Crippen LogP contribution >= 0.6 is 0 Å². The Morgan fingerprint density at radius 1 is 1.19 bits per heavy atom. The van der Waals surface area contributed by atoms with Gasteiger partial charge in [-0.15, -0.1) is 0 Å². The second-order valence-electron chi connectivity index (χ2n) is 4.76. The van der Waals surface area contributed by atoms with Gasteiger partial charge in [-0.05, 0) is 24.6 Å². The van der Waals surface area contributed by atoms with E-state index >= 15 is 0 Å². The molecule has 0 saturated carbocycles. The van der Waals surface area contributed by atoms with Crippen LogP contribution in [0.3, 0.4) is 0 Å². The van der Waals surface area contributed by atoms with Crippen molar-refractivity contribution in [3.63, 3.8) is 0 Å². The molecule has 0 saturated heterocycles. The molecule has 114 valence electrons. The van der Waals surface area contributed by atoms with E-state index in [0.29, 0.717) is 12.1 Å². The zero-order valence-electron chi connectivity index (χ0n) is 12.2. The molecule has 1 aromatic heterocycles. The Hall–Kier alpha value is -1.70. The average molecular weight is 308 g/mol. The fourth-order valence-corrected chi connectivity index (χ4v) is 3.10. The van der Waals surface area contributed by atoms with Crippen LogP contribution in [0.2, 0.25) is 0 Å². The summed E-state index contributed by atoms with van der Waals surface area (Å²) in [5.74, 6) is 0. The molecule has 0 unspecified atom stereocenters. The molecule has 0 aliphatic carbocycles. The second kappa shape index (κ2) is 6.84. The molecule has 3 N–H and O–H groups in total. The van der Waals surface area contributed by atoms with Gasteiger partial charge in [-0.25, -0.2) is 13.1 Å². The molecule has 0 fully saturated rings. The van der Waals surface area contributed by atoms with Crippen molar-refractivity contribution >= 4 is 10.0 Å². The zero-order valence-corrected chi connectivity index (χ0v) is 13.0. The van der Waals surface area contributed by atoms with Gasteiger partial charge in [-0.2, -0.15) is 5.10 Å². The van der Waals surface area contributed by atoms with Crippen molar-refractivity contribution in [2.75, 3.05) is 6.54 Å². The van der Waals surface area contributed by atoms with E-state index in [1.54, 1.807) is 0 Å². The van der Waals surface area contributed by atoms with Gasteiger partial charge < -0.3 is 5.32 Å². The Labute approximate surface area is 125 Å². The highest BCUT2D eigenvalue weighted by Crippen LogP contribution is 2.13. The summed E-state index contributed by atoms with van der Waals surface area (Å²) >= 11 is 0. The van der Waals surface area contributed by atoms with E-state index in [0.717, 1.165) is 17.7 Å². The van der Waals surface area contributed by atoms with Crippen molar-refractivity contribution in [1.29, 1.82) is 0 Å². The third kappa shape index (κ3) is 3.90. The van der Waals surface area contributed by atoms with E-state index in [1.165, 1.54) is 6.20 Å². The highest BCUT2D eigenvalue weighted by Gasteiger charge is 2.20. The Balaban J connectivity index is 2.12. The normalized spacial score (nSPS) is 11.7. The number of H-pyrrole nitrogens is 1. The summed E-state index contributed by atoms with van der Waals surface area (Å²) in [5.41, 5.74) is 2.64. The summed E-state index contributed by atoms with van der Waals surface area (Å²) in [6.45, 7) is 5.41. The topological polar surface area (TPSA) is 86.9 Å². The Morgan fingerprint density at radius 2 is 1.95 bits per heavy atom. The van der Waals surface area contributed by atoms with E-state index < -0.39 is 10.0 Å². The van der Waals surface area contributed by atoms with Crippen molar-refractivity contribution in [3.05, 3.63) is 47.2 Å². The van der Waals surface area contributed by atoms with Gasteiger partial charge >= 0.3 is 0 Å². The van der Waals surface area contributed by atoms with Crippen LogP contribution in [0.4, 0.5) is 0 Å². The number of sulfonamides is 1. The molecule has 0 atom stereocenters. The maximum Gasteiger partial charge on any atom is 0.258 e. The van der Waals surface area contributed by atoms with Crippen LogP contribution in [0.15, 0.2) is 35.5 Å². The lowest BCUT2D eigenvalue weighted by molar-refractivity contribution is 0.574. The maximum atomic E-state index is 12.4. The summed E-state index contributed by atoms with van der Waals surface area (Å²) < 4.78 is 27.3. The maximum absolute atomic E-state index is 12.4. The number of benzene rings is 1. The number of aromatic amines is 1. The van der Waals surface area contributed by atoms with Crippen molar-refractivity contribution in [2.24, 2.45) is 0 Å². The van der Waals surface area contributed by atoms with Crippen LogP contribution in [-0.2, 0) is 23.1 Å². The summed E-state index contributed by atoms with van der Waals surface area (Å²) in [5, 5.41) is 9.61. The van der Waals surface area contributed by atoms with Crippen molar-refractivity contribution < 1.29 is 8.42 Å². The number of hydrogen-bond donors (Lipinski definition) is 3. The highest BCUT2D eigenvalue weighted by molar-refractivity contribution is 7.89. The van der Waals surface area contributed by atoms with Gasteiger partial charge in [0.05, 0.1) is 6.20 Å². The van der Waals surface area contributed by atoms with Gasteiger partial charge in [0.15, 0.2) is 5.03 Å². The molecule has 6 nitrogen and oxygen atoms in total. The fourth-order valence-electron chi connectivity index (χ4n) is 1.97. The van der Waals surface area contributed by atoms with Gasteiger partial charge in [0.25, 0.3) is 10.0 Å². The Morgan fingerprint density at radius 3 is 2.67 bits per heavy atom. The van der Waals surface area contributed by atoms with E-state index in [9.17, 15) is 8.42 Å². The molecule has 2 rings (SSSR count). The number of rotatable bonds is 7. The number of hydrogen-bond acceptors (Lipinski definition) is 4.